The second-order valence-corrected chi connectivity index (χ2v) is 5.55. The Morgan fingerprint density at radius 1 is 1.30 bits per heavy atom. The van der Waals surface area contributed by atoms with Crippen LogP contribution in [0.4, 0.5) is 5.69 Å². The van der Waals surface area contributed by atoms with Crippen molar-refractivity contribution in [2.24, 2.45) is 0 Å². The molecule has 2 N–H and O–H groups in total. The van der Waals surface area contributed by atoms with Crippen LogP contribution in [0.2, 0.25) is 0 Å². The summed E-state index contributed by atoms with van der Waals surface area (Å²) in [6, 6.07) is 6.21. The van der Waals surface area contributed by atoms with Crippen molar-refractivity contribution in [2.75, 3.05) is 4.72 Å². The Morgan fingerprint density at radius 3 is 2.90 bits per heavy atom. The van der Waals surface area contributed by atoms with Gasteiger partial charge < -0.3 is 4.42 Å². The molecule has 0 fully saturated rings. The summed E-state index contributed by atoms with van der Waals surface area (Å²) >= 11 is 0. The van der Waals surface area contributed by atoms with Gasteiger partial charge in [0.25, 0.3) is 10.0 Å². The second kappa shape index (κ2) is 4.78. The molecule has 0 aliphatic heterocycles. The van der Waals surface area contributed by atoms with Crippen molar-refractivity contribution in [3.05, 3.63) is 43.1 Å². The van der Waals surface area contributed by atoms with Gasteiger partial charge in [-0.05, 0) is 18.2 Å². The predicted octanol–water partition coefficient (Wildman–Crippen LogP) is 1.26. The lowest BCUT2D eigenvalue weighted by Crippen LogP contribution is -2.12. The summed E-state index contributed by atoms with van der Waals surface area (Å²) in [7, 11) is -3.70. The molecule has 0 atom stereocenters. The van der Waals surface area contributed by atoms with Crippen molar-refractivity contribution >= 4 is 15.7 Å². The molecule has 9 heteroatoms. The van der Waals surface area contributed by atoms with Crippen LogP contribution in [0.5, 0.6) is 0 Å². The number of aromatic nitrogens is 4. The lowest BCUT2D eigenvalue weighted by Gasteiger charge is -2.06. The van der Waals surface area contributed by atoms with Crippen LogP contribution < -0.4 is 4.72 Å². The number of nitrogens with zero attached hydrogens (tertiary/aromatic N) is 3. The number of H-pyrrole nitrogens is 1. The highest BCUT2D eigenvalue weighted by molar-refractivity contribution is 7.92. The third kappa shape index (κ3) is 2.38. The van der Waals surface area contributed by atoms with Gasteiger partial charge in [0.05, 0.1) is 16.8 Å². The molecule has 2 heterocycles. The zero-order chi connectivity index (χ0) is 14.0. The van der Waals surface area contributed by atoms with E-state index in [9.17, 15) is 8.42 Å². The Kier molecular flexibility index (Phi) is 2.95. The molecule has 2 aromatic heterocycles. The first-order valence-electron chi connectivity index (χ1n) is 5.53. The highest BCUT2D eigenvalue weighted by Crippen LogP contribution is 2.21. The van der Waals surface area contributed by atoms with E-state index in [-0.39, 0.29) is 10.8 Å². The topological polar surface area (TPSA) is 114 Å². The van der Waals surface area contributed by atoms with E-state index in [0.29, 0.717) is 11.3 Å². The molecule has 0 aliphatic carbocycles. The number of hydrogen-bond donors (Lipinski definition) is 2. The third-order valence-corrected chi connectivity index (χ3v) is 3.88. The van der Waals surface area contributed by atoms with Crippen molar-refractivity contribution in [3.63, 3.8) is 0 Å². The number of nitrogens with one attached hydrogen (secondary N) is 2. The molecular weight excluding hydrogens is 282 g/mol. The van der Waals surface area contributed by atoms with Gasteiger partial charge in [0, 0.05) is 11.8 Å². The van der Waals surface area contributed by atoms with Crippen LogP contribution >= 0.6 is 0 Å². The first-order valence-corrected chi connectivity index (χ1v) is 7.02. The van der Waals surface area contributed by atoms with Crippen LogP contribution in [0.3, 0.4) is 0 Å². The molecule has 102 valence electrons. The fourth-order valence-electron chi connectivity index (χ4n) is 1.62. The highest BCUT2D eigenvalue weighted by atomic mass is 32.2. The second-order valence-electron chi connectivity index (χ2n) is 3.86. The summed E-state index contributed by atoms with van der Waals surface area (Å²) in [6.45, 7) is 0. The van der Waals surface area contributed by atoms with Gasteiger partial charge in [0.15, 0.2) is 0 Å². The summed E-state index contributed by atoms with van der Waals surface area (Å²) in [4.78, 5) is 0.0920. The van der Waals surface area contributed by atoms with E-state index in [1.807, 2.05) is 0 Å². The summed E-state index contributed by atoms with van der Waals surface area (Å²) in [5.41, 5.74) is 0.880. The molecule has 1 aromatic carbocycles. The lowest BCUT2D eigenvalue weighted by atomic mass is 10.2. The summed E-state index contributed by atoms with van der Waals surface area (Å²) < 4.78 is 31.8. The zero-order valence-electron chi connectivity index (χ0n) is 10.0. The quantitative estimate of drug-likeness (QED) is 0.748. The van der Waals surface area contributed by atoms with E-state index in [0.717, 1.165) is 0 Å². The van der Waals surface area contributed by atoms with E-state index < -0.39 is 10.0 Å². The lowest BCUT2D eigenvalue weighted by molar-refractivity contribution is 0.568. The van der Waals surface area contributed by atoms with Crippen LogP contribution in [0.25, 0.3) is 11.5 Å². The number of benzene rings is 1. The number of rotatable bonds is 4. The van der Waals surface area contributed by atoms with Gasteiger partial charge in [-0.2, -0.15) is 5.10 Å². The largest absolute Gasteiger partial charge is 0.423 e. The van der Waals surface area contributed by atoms with Gasteiger partial charge in [-0.1, -0.05) is 6.07 Å². The van der Waals surface area contributed by atoms with Crippen LogP contribution in [-0.2, 0) is 10.0 Å². The van der Waals surface area contributed by atoms with Crippen molar-refractivity contribution in [1.29, 1.82) is 0 Å². The Labute approximate surface area is 113 Å². The van der Waals surface area contributed by atoms with Crippen molar-refractivity contribution in [2.45, 2.75) is 4.90 Å². The Balaban J connectivity index is 1.96. The van der Waals surface area contributed by atoms with Gasteiger partial charge in [-0.15, -0.1) is 10.2 Å². The molecule has 0 aliphatic rings. The minimum atomic E-state index is -3.70. The van der Waals surface area contributed by atoms with Crippen LogP contribution in [0.15, 0.2) is 52.4 Å². The normalized spacial score (nSPS) is 11.4. The Hall–Kier alpha value is -2.68. The van der Waals surface area contributed by atoms with Crippen LogP contribution in [-0.4, -0.2) is 28.8 Å². The minimum absolute atomic E-state index is 0.0920. The van der Waals surface area contributed by atoms with E-state index in [1.165, 1.54) is 30.9 Å². The predicted molar refractivity (Wildman–Crippen MR) is 69.1 cm³/mol. The average Bonchev–Trinajstić information content (AvgIpc) is 3.11. The Morgan fingerprint density at radius 2 is 2.20 bits per heavy atom. The summed E-state index contributed by atoms with van der Waals surface area (Å²) in [6.07, 6.45) is 4.00. The molecule has 0 radical (unpaired) electrons. The summed E-state index contributed by atoms with van der Waals surface area (Å²) in [5, 5.41) is 13.5. The monoisotopic (exact) mass is 291 g/mol. The first-order chi connectivity index (χ1) is 9.65. The summed E-state index contributed by atoms with van der Waals surface area (Å²) in [5.74, 6) is 0.255. The van der Waals surface area contributed by atoms with E-state index in [2.05, 4.69) is 25.1 Å². The number of anilines is 1. The molecule has 0 amide bonds. The van der Waals surface area contributed by atoms with E-state index >= 15 is 0 Å². The van der Waals surface area contributed by atoms with Gasteiger partial charge >= 0.3 is 0 Å². The SMILES string of the molecule is O=S(=O)(Nc1cn[nH]c1)c1cccc(-c2nnco2)c1. The van der Waals surface area contributed by atoms with Gasteiger partial charge in [-0.3, -0.25) is 9.82 Å². The molecule has 0 saturated carbocycles. The standard InChI is InChI=1S/C11H9N5O3S/c17-20(18,16-9-5-12-13-6-9)10-3-1-2-8(4-10)11-15-14-7-19-11/h1-7,16H,(H,12,13). The Bertz CT molecular complexity index is 796. The van der Waals surface area contributed by atoms with Crippen LogP contribution in [0, 0.1) is 0 Å². The van der Waals surface area contributed by atoms with Crippen LogP contribution in [0.1, 0.15) is 0 Å². The van der Waals surface area contributed by atoms with Crippen molar-refractivity contribution in [3.8, 4) is 11.5 Å². The molecule has 20 heavy (non-hydrogen) atoms. The first kappa shape index (κ1) is 12.4. The van der Waals surface area contributed by atoms with Crippen molar-refractivity contribution in [1.82, 2.24) is 20.4 Å². The molecule has 0 unspecified atom stereocenters. The zero-order valence-corrected chi connectivity index (χ0v) is 10.8. The van der Waals surface area contributed by atoms with Gasteiger partial charge in [0.1, 0.15) is 0 Å². The average molecular weight is 291 g/mol. The molecule has 0 saturated heterocycles. The maximum absolute atomic E-state index is 12.2. The number of aromatic amines is 1. The minimum Gasteiger partial charge on any atom is -0.423 e. The third-order valence-electron chi connectivity index (χ3n) is 2.50. The molecular formula is C11H9N5O3S. The molecule has 3 rings (SSSR count). The van der Waals surface area contributed by atoms with E-state index in [4.69, 9.17) is 4.42 Å². The molecule has 3 aromatic rings. The smallest absolute Gasteiger partial charge is 0.262 e. The number of sulfonamides is 1. The fourth-order valence-corrected chi connectivity index (χ4v) is 2.70. The maximum Gasteiger partial charge on any atom is 0.262 e. The highest BCUT2D eigenvalue weighted by Gasteiger charge is 2.16. The van der Waals surface area contributed by atoms with E-state index in [1.54, 1.807) is 12.1 Å². The maximum atomic E-state index is 12.2. The van der Waals surface area contributed by atoms with Gasteiger partial charge in [-0.25, -0.2) is 8.42 Å². The number of hydrogen-bond acceptors (Lipinski definition) is 6. The molecule has 0 bridgehead atoms. The van der Waals surface area contributed by atoms with Crippen molar-refractivity contribution < 1.29 is 12.8 Å². The molecule has 8 nitrogen and oxygen atoms in total. The van der Waals surface area contributed by atoms with Gasteiger partial charge in [0.2, 0.25) is 12.3 Å². The fraction of sp³-hybridized carbons (Fsp3) is 0. The molecule has 0 spiro atoms.